The Bertz CT molecular complexity index is 1650. The van der Waals surface area contributed by atoms with Gasteiger partial charge in [0.25, 0.3) is 0 Å². The third kappa shape index (κ3) is 3.51. The minimum atomic E-state index is 0.199. The first-order valence-electron chi connectivity index (χ1n) is 13.2. The zero-order valence-corrected chi connectivity index (χ0v) is 20.4. The van der Waals surface area contributed by atoms with E-state index in [9.17, 15) is 0 Å². The Balaban J connectivity index is 1.18. The van der Waals surface area contributed by atoms with Gasteiger partial charge in [0.15, 0.2) is 12.1 Å². The van der Waals surface area contributed by atoms with E-state index in [-0.39, 0.29) is 5.41 Å². The van der Waals surface area contributed by atoms with Crippen LogP contribution in [0.4, 0.5) is 11.5 Å². The van der Waals surface area contributed by atoms with E-state index in [1.807, 2.05) is 30.3 Å². The van der Waals surface area contributed by atoms with Crippen molar-refractivity contribution in [3.63, 3.8) is 0 Å². The van der Waals surface area contributed by atoms with Crippen LogP contribution in [-0.4, -0.2) is 25.1 Å². The number of hydrogen-bond acceptors (Lipinski definition) is 6. The third-order valence-corrected chi connectivity index (χ3v) is 8.70. The maximum Gasteiger partial charge on any atom is 0.302 e. The van der Waals surface area contributed by atoms with E-state index < -0.39 is 0 Å². The summed E-state index contributed by atoms with van der Waals surface area (Å²) in [6.07, 6.45) is 9.44. The molecule has 4 fully saturated rings. The van der Waals surface area contributed by atoms with Crippen LogP contribution in [0.15, 0.2) is 59.4 Å². The number of H-pyrrole nitrogens is 1. The van der Waals surface area contributed by atoms with E-state index in [0.717, 1.165) is 56.8 Å². The van der Waals surface area contributed by atoms with Crippen LogP contribution in [0.1, 0.15) is 55.8 Å². The zero-order chi connectivity index (χ0) is 24.4. The number of pyridine rings is 1. The highest BCUT2D eigenvalue weighted by Crippen LogP contribution is 2.60. The number of aromatic amines is 1. The average Bonchev–Trinajstić information content (AvgIpc) is 3.59. The quantitative estimate of drug-likeness (QED) is 0.299. The largest absolute Gasteiger partial charge is 0.338 e. The number of rotatable bonds is 3. The van der Waals surface area contributed by atoms with E-state index in [4.69, 9.17) is 14.5 Å². The van der Waals surface area contributed by atoms with Crippen LogP contribution in [0.25, 0.3) is 21.9 Å². The number of imidazole rings is 1. The zero-order valence-electron chi connectivity index (χ0n) is 20.4. The first kappa shape index (κ1) is 21.0. The highest BCUT2D eigenvalue weighted by Gasteiger charge is 2.53. The Kier molecular flexibility index (Phi) is 4.48. The Labute approximate surface area is 214 Å². The van der Waals surface area contributed by atoms with Gasteiger partial charge in [-0.25, -0.2) is 9.97 Å². The molecule has 4 aliphatic rings. The van der Waals surface area contributed by atoms with Crippen molar-refractivity contribution in [2.24, 2.45) is 17.8 Å². The molecule has 4 aliphatic carbocycles. The molecule has 7 nitrogen and oxygen atoms in total. The molecule has 0 saturated heterocycles. The number of nitrogens with one attached hydrogen (secondary N) is 2. The fourth-order valence-electron chi connectivity index (χ4n) is 7.56. The number of para-hydroxylation sites is 1. The Morgan fingerprint density at radius 2 is 1.65 bits per heavy atom. The Morgan fingerprint density at radius 1 is 0.892 bits per heavy atom. The molecule has 4 bridgehead atoms. The van der Waals surface area contributed by atoms with Crippen molar-refractivity contribution < 1.29 is 4.52 Å². The lowest BCUT2D eigenvalue weighted by Gasteiger charge is -2.55. The summed E-state index contributed by atoms with van der Waals surface area (Å²) in [4.78, 5) is 18.1. The van der Waals surface area contributed by atoms with E-state index >= 15 is 0 Å². The summed E-state index contributed by atoms with van der Waals surface area (Å²) in [5, 5.41) is 8.23. The molecule has 2 aromatic carbocycles. The van der Waals surface area contributed by atoms with Gasteiger partial charge in [0.1, 0.15) is 16.9 Å². The molecule has 0 radical (unpaired) electrons. The fraction of sp³-hybridized carbons (Fsp3) is 0.333. The van der Waals surface area contributed by atoms with Crippen molar-refractivity contribution >= 4 is 33.4 Å². The summed E-state index contributed by atoms with van der Waals surface area (Å²) in [6, 6.07) is 16.3. The molecule has 4 saturated carbocycles. The van der Waals surface area contributed by atoms with Gasteiger partial charge in [0.2, 0.25) is 0 Å². The molecule has 3 heterocycles. The van der Waals surface area contributed by atoms with Crippen molar-refractivity contribution in [1.82, 2.24) is 25.1 Å². The molecule has 5 aromatic rings. The molecule has 0 atom stereocenters. The van der Waals surface area contributed by atoms with Crippen LogP contribution in [0.2, 0.25) is 0 Å². The summed E-state index contributed by atoms with van der Waals surface area (Å²) in [6.45, 7) is 0. The topological polar surface area (TPSA) is 92.5 Å². The van der Waals surface area contributed by atoms with Gasteiger partial charge < -0.3 is 14.8 Å². The van der Waals surface area contributed by atoms with Crippen LogP contribution in [0.3, 0.4) is 0 Å². The van der Waals surface area contributed by atoms with Crippen molar-refractivity contribution in [3.05, 3.63) is 72.1 Å². The molecule has 0 spiro atoms. The first-order valence-corrected chi connectivity index (χ1v) is 13.2. The van der Waals surface area contributed by atoms with Crippen molar-refractivity contribution in [1.29, 1.82) is 0 Å². The van der Waals surface area contributed by atoms with Crippen LogP contribution in [0, 0.1) is 29.6 Å². The van der Waals surface area contributed by atoms with Gasteiger partial charge in [-0.1, -0.05) is 29.3 Å². The van der Waals surface area contributed by atoms with Crippen molar-refractivity contribution in [2.75, 3.05) is 5.32 Å². The predicted molar refractivity (Wildman–Crippen MR) is 141 cm³/mol. The van der Waals surface area contributed by atoms with Gasteiger partial charge in [-0.3, -0.25) is 0 Å². The molecule has 0 aliphatic heterocycles. The molecular formula is C30H26N6O. The van der Waals surface area contributed by atoms with E-state index in [0.29, 0.717) is 5.89 Å². The van der Waals surface area contributed by atoms with Crippen LogP contribution in [0.5, 0.6) is 0 Å². The van der Waals surface area contributed by atoms with E-state index in [1.54, 1.807) is 0 Å². The van der Waals surface area contributed by atoms with Gasteiger partial charge in [0.05, 0.1) is 5.52 Å². The molecule has 0 amide bonds. The van der Waals surface area contributed by atoms with Gasteiger partial charge in [-0.15, -0.1) is 0 Å². The van der Waals surface area contributed by atoms with E-state index in [2.05, 4.69) is 50.5 Å². The van der Waals surface area contributed by atoms with Gasteiger partial charge in [0, 0.05) is 28.0 Å². The second-order valence-corrected chi connectivity index (χ2v) is 11.2. The summed E-state index contributed by atoms with van der Waals surface area (Å²) in [5.41, 5.74) is 4.96. The molecule has 7 heteroatoms. The molecule has 3 aromatic heterocycles. The Hall–Kier alpha value is -4.18. The summed E-state index contributed by atoms with van der Waals surface area (Å²) in [5.74, 6) is 10.8. The standard InChI is InChI=1S/C30H26N6O/c1-2-4-24-23(3-1)26-27(36-29(35-26)30-14-19-11-20(15-30)13-21(12-19)16-30)28(34-24)33-22-8-5-18(6-9-22)7-10-25-31-17-32-37-25/h1-6,8-9,17,19-21H,11-16H2,(H,33,34)(H,35,36). The van der Waals surface area contributed by atoms with Gasteiger partial charge in [-0.05, 0) is 86.6 Å². The summed E-state index contributed by atoms with van der Waals surface area (Å²) in [7, 11) is 0. The highest BCUT2D eigenvalue weighted by molar-refractivity contribution is 6.07. The lowest BCUT2D eigenvalue weighted by Crippen LogP contribution is -2.49. The molecule has 182 valence electrons. The lowest BCUT2D eigenvalue weighted by atomic mass is 9.49. The van der Waals surface area contributed by atoms with Crippen LogP contribution >= 0.6 is 0 Å². The Morgan fingerprint density at radius 3 is 2.38 bits per heavy atom. The molecule has 37 heavy (non-hydrogen) atoms. The number of benzene rings is 2. The number of anilines is 2. The van der Waals surface area contributed by atoms with Gasteiger partial charge >= 0.3 is 5.89 Å². The third-order valence-electron chi connectivity index (χ3n) is 8.70. The van der Waals surface area contributed by atoms with Crippen molar-refractivity contribution in [2.45, 2.75) is 43.9 Å². The number of nitrogens with zero attached hydrogens (tertiary/aromatic N) is 4. The fourth-order valence-corrected chi connectivity index (χ4v) is 7.56. The summed E-state index contributed by atoms with van der Waals surface area (Å²) < 4.78 is 4.95. The molecule has 0 unspecified atom stereocenters. The average molecular weight is 487 g/mol. The SMILES string of the molecule is C(#Cc1ncno1)c1ccc(Nc2nc3ccccc3c3nc(C45CC6CC(CC(C6)C4)C5)[nH]c23)cc1. The summed E-state index contributed by atoms with van der Waals surface area (Å²) >= 11 is 0. The minimum Gasteiger partial charge on any atom is -0.338 e. The smallest absolute Gasteiger partial charge is 0.302 e. The maximum absolute atomic E-state index is 5.32. The number of aromatic nitrogens is 5. The number of hydrogen-bond donors (Lipinski definition) is 2. The predicted octanol–water partition coefficient (Wildman–Crippen LogP) is 6.11. The first-order chi connectivity index (χ1) is 18.2. The normalized spacial score (nSPS) is 25.9. The van der Waals surface area contributed by atoms with E-state index in [1.165, 1.54) is 50.7 Å². The van der Waals surface area contributed by atoms with Crippen molar-refractivity contribution in [3.8, 4) is 11.8 Å². The second-order valence-electron chi connectivity index (χ2n) is 11.2. The van der Waals surface area contributed by atoms with Crippen LogP contribution in [-0.2, 0) is 5.41 Å². The minimum absolute atomic E-state index is 0.199. The molecule has 2 N–H and O–H groups in total. The maximum atomic E-state index is 5.32. The highest BCUT2D eigenvalue weighted by atomic mass is 16.5. The number of fused-ring (bicyclic) bond motifs is 3. The molecular weight excluding hydrogens is 460 g/mol. The second kappa shape index (κ2) is 7.91. The van der Waals surface area contributed by atoms with Gasteiger partial charge in [-0.2, -0.15) is 4.98 Å². The van der Waals surface area contributed by atoms with Crippen LogP contribution < -0.4 is 5.32 Å². The molecule has 9 rings (SSSR count). The monoisotopic (exact) mass is 486 g/mol. The lowest BCUT2D eigenvalue weighted by molar-refractivity contribution is -0.00886.